The molecule has 4 N–H and O–H groups in total. The van der Waals surface area contributed by atoms with Gasteiger partial charge in [-0.25, -0.2) is 0 Å². The van der Waals surface area contributed by atoms with E-state index in [0.717, 1.165) is 42.4 Å². The summed E-state index contributed by atoms with van der Waals surface area (Å²) in [6.45, 7) is 1.81. The highest BCUT2D eigenvalue weighted by molar-refractivity contribution is 6.30. The molecular formula is C29H39ClN2O4. The van der Waals surface area contributed by atoms with Gasteiger partial charge in [0, 0.05) is 49.7 Å². The fraction of sp³-hybridized carbons (Fsp3) is 0.552. The second kappa shape index (κ2) is 12.1. The van der Waals surface area contributed by atoms with E-state index < -0.39 is 11.7 Å². The summed E-state index contributed by atoms with van der Waals surface area (Å²) in [5.41, 5.74) is 7.68. The maximum absolute atomic E-state index is 13.4. The van der Waals surface area contributed by atoms with Crippen LogP contribution in [-0.2, 0) is 15.1 Å². The van der Waals surface area contributed by atoms with Crippen LogP contribution in [0.25, 0.3) is 11.1 Å². The topological polar surface area (TPSA) is 96.0 Å². The lowest BCUT2D eigenvalue weighted by Crippen LogP contribution is -2.49. The maximum Gasteiger partial charge on any atom is 0.225 e. The molecule has 1 amide bonds. The zero-order chi connectivity index (χ0) is 25.7. The molecule has 5 unspecified atom stereocenters. The lowest BCUT2D eigenvalue weighted by molar-refractivity contribution is -0.141. The quantitative estimate of drug-likeness (QED) is 0.432. The van der Waals surface area contributed by atoms with Crippen molar-refractivity contribution in [2.45, 2.75) is 62.7 Å². The van der Waals surface area contributed by atoms with Gasteiger partial charge in [-0.3, -0.25) is 4.79 Å². The Morgan fingerprint density at radius 1 is 1.19 bits per heavy atom. The largest absolute Gasteiger partial charge is 0.391 e. The Kier molecular flexibility index (Phi) is 9.07. The monoisotopic (exact) mass is 514 g/mol. The molecule has 2 aliphatic rings. The van der Waals surface area contributed by atoms with Crippen molar-refractivity contribution in [3.63, 3.8) is 0 Å². The highest BCUT2D eigenvalue weighted by Crippen LogP contribution is 2.44. The van der Waals surface area contributed by atoms with Crippen molar-refractivity contribution in [1.29, 1.82) is 0 Å². The number of carbonyl (C=O) groups is 1. The Morgan fingerprint density at radius 2 is 2.00 bits per heavy atom. The molecule has 196 valence electrons. The number of benzene rings is 2. The second-order valence-electron chi connectivity index (χ2n) is 10.5. The lowest BCUT2D eigenvalue weighted by Gasteiger charge is -2.44. The number of hydrogen-bond donors (Lipinski definition) is 3. The minimum atomic E-state index is -1.11. The number of hydrogen-bond acceptors (Lipinski definition) is 5. The van der Waals surface area contributed by atoms with E-state index in [2.05, 4.69) is 0 Å². The molecular weight excluding hydrogens is 476 g/mol. The molecule has 2 fully saturated rings. The summed E-state index contributed by atoms with van der Waals surface area (Å²) in [6, 6.07) is 15.4. The van der Waals surface area contributed by atoms with Gasteiger partial charge in [0.05, 0.1) is 11.7 Å². The first-order valence-electron chi connectivity index (χ1n) is 13.1. The fourth-order valence-electron chi connectivity index (χ4n) is 6.04. The number of piperidine rings is 1. The van der Waals surface area contributed by atoms with Crippen LogP contribution in [0.4, 0.5) is 0 Å². The molecule has 2 aromatic rings. The van der Waals surface area contributed by atoms with Gasteiger partial charge in [-0.2, -0.15) is 0 Å². The molecule has 4 rings (SSSR count). The number of carbonyl (C=O) groups excluding carboxylic acids is 1. The molecule has 1 saturated heterocycles. The number of nitrogens with two attached hydrogens (primary N) is 1. The number of methoxy groups -OCH3 is 1. The Hall–Kier alpha value is -1.96. The molecule has 1 heterocycles. The van der Waals surface area contributed by atoms with E-state index in [9.17, 15) is 15.0 Å². The second-order valence-corrected chi connectivity index (χ2v) is 10.9. The van der Waals surface area contributed by atoms with Crippen molar-refractivity contribution in [3.05, 3.63) is 59.1 Å². The SMILES string of the molecule is COCCCCC(O)(c1ccccc1-c1cccc(Cl)c1)C1CCCN(C(=O)C2CC(N)C(O)C2)C1. The Bertz CT molecular complexity index is 1020. The number of aliphatic hydroxyl groups is 2. The van der Waals surface area contributed by atoms with Crippen LogP contribution in [0.1, 0.15) is 50.5 Å². The van der Waals surface area contributed by atoms with Gasteiger partial charge >= 0.3 is 0 Å². The van der Waals surface area contributed by atoms with Crippen molar-refractivity contribution in [2.75, 3.05) is 26.8 Å². The van der Waals surface area contributed by atoms with Gasteiger partial charge in [0.25, 0.3) is 0 Å². The molecule has 0 spiro atoms. The highest BCUT2D eigenvalue weighted by Gasteiger charge is 2.44. The summed E-state index contributed by atoms with van der Waals surface area (Å²) in [4.78, 5) is 15.3. The number of likely N-dealkylation sites (tertiary alicyclic amines) is 1. The normalized spacial score (nSPS) is 26.1. The van der Waals surface area contributed by atoms with Crippen LogP contribution in [0, 0.1) is 11.8 Å². The highest BCUT2D eigenvalue weighted by atomic mass is 35.5. The van der Waals surface area contributed by atoms with Crippen LogP contribution in [-0.4, -0.2) is 60.0 Å². The van der Waals surface area contributed by atoms with Crippen LogP contribution >= 0.6 is 11.6 Å². The molecule has 1 saturated carbocycles. The van der Waals surface area contributed by atoms with Crippen molar-refractivity contribution < 1.29 is 19.7 Å². The van der Waals surface area contributed by atoms with E-state index in [0.29, 0.717) is 44.0 Å². The van der Waals surface area contributed by atoms with E-state index >= 15 is 0 Å². The van der Waals surface area contributed by atoms with Crippen LogP contribution in [0.15, 0.2) is 48.5 Å². The first-order valence-corrected chi connectivity index (χ1v) is 13.5. The van der Waals surface area contributed by atoms with Gasteiger partial charge < -0.3 is 25.6 Å². The first-order chi connectivity index (χ1) is 17.3. The van der Waals surface area contributed by atoms with Gasteiger partial charge in [0.1, 0.15) is 0 Å². The Balaban J connectivity index is 1.64. The first kappa shape index (κ1) is 27.1. The van der Waals surface area contributed by atoms with E-state index in [1.165, 1.54) is 0 Å². The summed E-state index contributed by atoms with van der Waals surface area (Å²) in [7, 11) is 1.69. The minimum Gasteiger partial charge on any atom is -0.391 e. The molecule has 0 bridgehead atoms. The predicted octanol–water partition coefficient (Wildman–Crippen LogP) is 4.35. The smallest absolute Gasteiger partial charge is 0.225 e. The lowest BCUT2D eigenvalue weighted by atomic mass is 9.72. The summed E-state index contributed by atoms with van der Waals surface area (Å²) < 4.78 is 5.26. The minimum absolute atomic E-state index is 0.0524. The van der Waals surface area contributed by atoms with E-state index in [-0.39, 0.29) is 23.8 Å². The maximum atomic E-state index is 13.4. The van der Waals surface area contributed by atoms with Gasteiger partial charge in [-0.1, -0.05) is 48.0 Å². The van der Waals surface area contributed by atoms with Crippen molar-refractivity contribution in [3.8, 4) is 11.1 Å². The standard InChI is InChI=1S/C29H39ClN2O4/c1-36-15-5-4-13-29(35,25-12-3-2-11-24(25)20-8-6-10-23(30)16-20)22-9-7-14-32(19-22)28(34)21-17-26(31)27(33)18-21/h2-3,6,8,10-12,16,21-22,26-27,33,35H,4-5,7,9,13-15,17-19,31H2,1H3. The van der Waals surface area contributed by atoms with Crippen LogP contribution in [0.2, 0.25) is 5.02 Å². The van der Waals surface area contributed by atoms with E-state index in [1.54, 1.807) is 7.11 Å². The van der Waals surface area contributed by atoms with E-state index in [4.69, 9.17) is 22.1 Å². The molecule has 2 aromatic carbocycles. The summed E-state index contributed by atoms with van der Waals surface area (Å²) in [5, 5.41) is 23.2. The third kappa shape index (κ3) is 5.95. The number of rotatable bonds is 9. The zero-order valence-corrected chi connectivity index (χ0v) is 21.9. The number of unbranched alkanes of at least 4 members (excludes halogenated alkanes) is 1. The van der Waals surface area contributed by atoms with Gasteiger partial charge in [0.15, 0.2) is 0 Å². The van der Waals surface area contributed by atoms with Crippen molar-refractivity contribution in [1.82, 2.24) is 4.90 Å². The predicted molar refractivity (Wildman–Crippen MR) is 143 cm³/mol. The summed E-state index contributed by atoms with van der Waals surface area (Å²) >= 11 is 6.32. The van der Waals surface area contributed by atoms with Crippen molar-refractivity contribution in [2.24, 2.45) is 17.6 Å². The number of ether oxygens (including phenoxy) is 1. The molecule has 6 nitrogen and oxygen atoms in total. The van der Waals surface area contributed by atoms with Crippen LogP contribution in [0.3, 0.4) is 0 Å². The molecule has 0 aromatic heterocycles. The van der Waals surface area contributed by atoms with Gasteiger partial charge in [-0.15, -0.1) is 0 Å². The third-order valence-electron chi connectivity index (χ3n) is 8.02. The van der Waals surface area contributed by atoms with Crippen molar-refractivity contribution >= 4 is 17.5 Å². The number of aliphatic hydroxyl groups excluding tert-OH is 1. The number of halogens is 1. The summed E-state index contributed by atoms with van der Waals surface area (Å²) in [6.07, 6.45) is 4.21. The molecule has 0 radical (unpaired) electrons. The Labute approximate surface area is 219 Å². The number of amides is 1. The van der Waals surface area contributed by atoms with Gasteiger partial charge in [0.2, 0.25) is 5.91 Å². The van der Waals surface area contributed by atoms with Crippen LogP contribution in [0.5, 0.6) is 0 Å². The number of nitrogens with zero attached hydrogens (tertiary/aromatic N) is 1. The molecule has 7 heteroatoms. The average Bonchev–Trinajstić information content (AvgIpc) is 3.24. The van der Waals surface area contributed by atoms with Gasteiger partial charge in [-0.05, 0) is 73.8 Å². The zero-order valence-electron chi connectivity index (χ0n) is 21.1. The molecule has 5 atom stereocenters. The van der Waals surface area contributed by atoms with E-state index in [1.807, 2.05) is 53.4 Å². The average molecular weight is 515 g/mol. The third-order valence-corrected chi connectivity index (χ3v) is 8.26. The molecule has 1 aliphatic carbocycles. The summed E-state index contributed by atoms with van der Waals surface area (Å²) in [5.74, 6) is -0.308. The molecule has 36 heavy (non-hydrogen) atoms. The fourth-order valence-corrected chi connectivity index (χ4v) is 6.23. The molecule has 1 aliphatic heterocycles. The van der Waals surface area contributed by atoms with Crippen LogP contribution < -0.4 is 5.73 Å². The Morgan fingerprint density at radius 3 is 2.72 bits per heavy atom.